The van der Waals surface area contributed by atoms with Crippen molar-refractivity contribution < 1.29 is 4.39 Å². The SMILES string of the molecule is CC(Cl)c1nc2ccc(F)cc2n1C1CCC(C)C1C. The van der Waals surface area contributed by atoms with Crippen LogP contribution in [-0.2, 0) is 0 Å². The fraction of sp³-hybridized carbons (Fsp3) is 0.562. The molecule has 108 valence electrons. The normalized spacial score (nSPS) is 28.1. The Balaban J connectivity index is 2.21. The minimum atomic E-state index is -0.217. The molecule has 1 aromatic carbocycles. The van der Waals surface area contributed by atoms with Crippen LogP contribution in [0.4, 0.5) is 4.39 Å². The first-order valence-electron chi connectivity index (χ1n) is 7.30. The van der Waals surface area contributed by atoms with Crippen LogP contribution in [0.5, 0.6) is 0 Å². The van der Waals surface area contributed by atoms with E-state index >= 15 is 0 Å². The number of rotatable bonds is 2. The van der Waals surface area contributed by atoms with Crippen LogP contribution in [0.15, 0.2) is 18.2 Å². The maximum atomic E-state index is 13.6. The highest BCUT2D eigenvalue weighted by atomic mass is 35.5. The van der Waals surface area contributed by atoms with E-state index < -0.39 is 0 Å². The molecule has 0 amide bonds. The molecule has 1 aliphatic carbocycles. The van der Waals surface area contributed by atoms with Crippen molar-refractivity contribution in [3.8, 4) is 0 Å². The molecular formula is C16H20ClFN2. The Bertz CT molecular complexity index is 635. The van der Waals surface area contributed by atoms with Gasteiger partial charge < -0.3 is 4.57 Å². The Kier molecular flexibility index (Phi) is 3.49. The van der Waals surface area contributed by atoms with E-state index in [2.05, 4.69) is 23.4 Å². The maximum absolute atomic E-state index is 13.6. The summed E-state index contributed by atoms with van der Waals surface area (Å²) in [7, 11) is 0. The lowest BCUT2D eigenvalue weighted by molar-refractivity contribution is 0.352. The minimum Gasteiger partial charge on any atom is -0.323 e. The smallest absolute Gasteiger partial charge is 0.127 e. The molecule has 0 aliphatic heterocycles. The van der Waals surface area contributed by atoms with E-state index in [0.29, 0.717) is 17.9 Å². The first-order valence-corrected chi connectivity index (χ1v) is 7.74. The van der Waals surface area contributed by atoms with Gasteiger partial charge in [-0.05, 0) is 49.8 Å². The summed E-state index contributed by atoms with van der Waals surface area (Å²) in [5.74, 6) is 1.89. The molecule has 0 N–H and O–H groups in total. The molecule has 0 radical (unpaired) electrons. The van der Waals surface area contributed by atoms with Crippen LogP contribution in [0.25, 0.3) is 11.0 Å². The molecule has 4 atom stereocenters. The predicted octanol–water partition coefficient (Wildman–Crippen LogP) is 5.08. The number of benzene rings is 1. The summed E-state index contributed by atoms with van der Waals surface area (Å²) in [5, 5.41) is -0.173. The molecule has 1 fully saturated rings. The number of nitrogens with zero attached hydrogens (tertiary/aromatic N) is 2. The summed E-state index contributed by atoms with van der Waals surface area (Å²) in [6.07, 6.45) is 2.32. The first kappa shape index (κ1) is 13.9. The topological polar surface area (TPSA) is 17.8 Å². The number of aromatic nitrogens is 2. The Morgan fingerprint density at radius 2 is 2.10 bits per heavy atom. The van der Waals surface area contributed by atoms with Crippen molar-refractivity contribution in [3.05, 3.63) is 29.8 Å². The average molecular weight is 295 g/mol. The highest BCUT2D eigenvalue weighted by molar-refractivity contribution is 6.20. The minimum absolute atomic E-state index is 0.173. The zero-order chi connectivity index (χ0) is 14.4. The molecule has 4 unspecified atom stereocenters. The molecule has 1 aromatic heterocycles. The van der Waals surface area contributed by atoms with Gasteiger partial charge in [-0.1, -0.05) is 13.8 Å². The van der Waals surface area contributed by atoms with Gasteiger partial charge in [0, 0.05) is 6.04 Å². The summed E-state index contributed by atoms with van der Waals surface area (Å²) in [5.41, 5.74) is 1.71. The number of imidazole rings is 1. The van der Waals surface area contributed by atoms with Gasteiger partial charge in [0.1, 0.15) is 11.6 Å². The quantitative estimate of drug-likeness (QED) is 0.706. The van der Waals surface area contributed by atoms with Crippen LogP contribution in [-0.4, -0.2) is 9.55 Å². The Hall–Kier alpha value is -1.09. The third kappa shape index (κ3) is 2.12. The maximum Gasteiger partial charge on any atom is 0.127 e. The van der Waals surface area contributed by atoms with Crippen LogP contribution in [0.2, 0.25) is 0 Å². The van der Waals surface area contributed by atoms with E-state index in [1.807, 2.05) is 6.92 Å². The Morgan fingerprint density at radius 3 is 2.70 bits per heavy atom. The lowest BCUT2D eigenvalue weighted by Crippen LogP contribution is -2.17. The zero-order valence-corrected chi connectivity index (χ0v) is 12.9. The highest BCUT2D eigenvalue weighted by Crippen LogP contribution is 2.43. The van der Waals surface area contributed by atoms with Gasteiger partial charge in [0.2, 0.25) is 0 Å². The number of fused-ring (bicyclic) bond motifs is 1. The van der Waals surface area contributed by atoms with E-state index in [1.165, 1.54) is 12.5 Å². The molecule has 20 heavy (non-hydrogen) atoms. The lowest BCUT2D eigenvalue weighted by atomic mass is 9.97. The van der Waals surface area contributed by atoms with Crippen LogP contribution < -0.4 is 0 Å². The molecule has 0 spiro atoms. The van der Waals surface area contributed by atoms with Crippen LogP contribution in [0.3, 0.4) is 0 Å². The molecule has 2 nitrogen and oxygen atoms in total. The fourth-order valence-corrected chi connectivity index (χ4v) is 3.57. The summed E-state index contributed by atoms with van der Waals surface area (Å²) in [4.78, 5) is 4.62. The van der Waals surface area contributed by atoms with Crippen LogP contribution >= 0.6 is 11.6 Å². The molecule has 2 aromatic rings. The summed E-state index contributed by atoms with van der Waals surface area (Å²) >= 11 is 6.31. The van der Waals surface area contributed by atoms with Crippen LogP contribution in [0.1, 0.15) is 50.9 Å². The molecule has 1 saturated carbocycles. The molecule has 1 aliphatic rings. The number of hydrogen-bond donors (Lipinski definition) is 0. The van der Waals surface area contributed by atoms with Gasteiger partial charge in [-0.15, -0.1) is 11.6 Å². The standard InChI is InChI=1S/C16H20ClFN2/c1-9-4-7-14(10(9)2)20-15-8-12(18)5-6-13(15)19-16(20)11(3)17/h5-6,8-11,14H,4,7H2,1-3H3. The van der Waals surface area contributed by atoms with Gasteiger partial charge in [0.15, 0.2) is 0 Å². The van der Waals surface area contributed by atoms with Gasteiger partial charge in [-0.2, -0.15) is 0 Å². The number of hydrogen-bond acceptors (Lipinski definition) is 1. The van der Waals surface area contributed by atoms with Crippen molar-refractivity contribution >= 4 is 22.6 Å². The molecule has 1 heterocycles. The third-order valence-corrected chi connectivity index (χ3v) is 4.98. The van der Waals surface area contributed by atoms with Crippen molar-refractivity contribution in [2.24, 2.45) is 11.8 Å². The lowest BCUT2D eigenvalue weighted by Gasteiger charge is -2.23. The van der Waals surface area contributed by atoms with Crippen molar-refractivity contribution in [1.82, 2.24) is 9.55 Å². The second-order valence-electron chi connectivity index (χ2n) is 6.07. The Labute approximate surface area is 123 Å². The molecule has 4 heteroatoms. The largest absolute Gasteiger partial charge is 0.323 e. The van der Waals surface area contributed by atoms with Crippen LogP contribution in [0, 0.1) is 17.7 Å². The van der Waals surface area contributed by atoms with E-state index in [4.69, 9.17) is 11.6 Å². The summed E-state index contributed by atoms with van der Waals surface area (Å²) in [6.45, 7) is 6.49. The number of alkyl halides is 1. The molecule has 0 bridgehead atoms. The molecule has 3 rings (SSSR count). The summed E-state index contributed by atoms with van der Waals surface area (Å²) < 4.78 is 15.8. The molecule has 0 saturated heterocycles. The number of halogens is 2. The monoisotopic (exact) mass is 294 g/mol. The Morgan fingerprint density at radius 1 is 1.35 bits per heavy atom. The highest BCUT2D eigenvalue weighted by Gasteiger charge is 2.34. The first-order chi connectivity index (χ1) is 9.49. The van der Waals surface area contributed by atoms with Gasteiger partial charge in [-0.3, -0.25) is 0 Å². The second kappa shape index (κ2) is 5.03. The predicted molar refractivity (Wildman–Crippen MR) is 80.6 cm³/mol. The molecular weight excluding hydrogens is 275 g/mol. The summed E-state index contributed by atoms with van der Waals surface area (Å²) in [6, 6.07) is 5.16. The third-order valence-electron chi connectivity index (χ3n) is 4.79. The van der Waals surface area contributed by atoms with E-state index in [9.17, 15) is 4.39 Å². The van der Waals surface area contributed by atoms with Crippen molar-refractivity contribution in [1.29, 1.82) is 0 Å². The fourth-order valence-electron chi connectivity index (χ4n) is 3.42. The van der Waals surface area contributed by atoms with E-state index in [0.717, 1.165) is 23.3 Å². The van der Waals surface area contributed by atoms with E-state index in [-0.39, 0.29) is 11.2 Å². The average Bonchev–Trinajstić information content (AvgIpc) is 2.91. The van der Waals surface area contributed by atoms with Gasteiger partial charge in [-0.25, -0.2) is 9.37 Å². The van der Waals surface area contributed by atoms with E-state index in [1.54, 1.807) is 12.1 Å². The van der Waals surface area contributed by atoms with Crippen molar-refractivity contribution in [2.75, 3.05) is 0 Å². The zero-order valence-electron chi connectivity index (χ0n) is 12.1. The van der Waals surface area contributed by atoms with Gasteiger partial charge in [0.25, 0.3) is 0 Å². The van der Waals surface area contributed by atoms with Gasteiger partial charge >= 0.3 is 0 Å². The van der Waals surface area contributed by atoms with Crippen molar-refractivity contribution in [2.45, 2.75) is 45.0 Å². The van der Waals surface area contributed by atoms with Crippen molar-refractivity contribution in [3.63, 3.8) is 0 Å². The second-order valence-corrected chi connectivity index (χ2v) is 6.72. The van der Waals surface area contributed by atoms with Gasteiger partial charge in [0.05, 0.1) is 16.4 Å².